The second kappa shape index (κ2) is 10.8. The predicted molar refractivity (Wildman–Crippen MR) is 145 cm³/mol. The molecule has 0 aliphatic carbocycles. The van der Waals surface area contributed by atoms with E-state index in [-0.39, 0.29) is 12.7 Å². The van der Waals surface area contributed by atoms with Crippen molar-refractivity contribution in [2.45, 2.75) is 52.4 Å². The van der Waals surface area contributed by atoms with Crippen molar-refractivity contribution in [3.8, 4) is 5.75 Å². The molecule has 0 spiro atoms. The van der Waals surface area contributed by atoms with Crippen LogP contribution in [0.5, 0.6) is 5.75 Å². The minimum absolute atomic E-state index is 0.0215. The van der Waals surface area contributed by atoms with Crippen LogP contribution in [0.15, 0.2) is 41.6 Å². The van der Waals surface area contributed by atoms with Crippen LogP contribution in [-0.4, -0.2) is 77.1 Å². The van der Waals surface area contributed by atoms with Gasteiger partial charge in [0.2, 0.25) is 0 Å². The molecule has 5 rings (SSSR count). The second-order valence-corrected chi connectivity index (χ2v) is 11.4. The average Bonchev–Trinajstić information content (AvgIpc) is 3.44. The van der Waals surface area contributed by atoms with Crippen LogP contribution in [0.25, 0.3) is 10.2 Å². The number of ether oxygens (including phenoxy) is 1. The molecule has 3 heterocycles. The van der Waals surface area contributed by atoms with Gasteiger partial charge in [-0.3, -0.25) is 9.80 Å². The van der Waals surface area contributed by atoms with Gasteiger partial charge in [0.25, 0.3) is 0 Å². The Hall–Kier alpha value is -2.52. The summed E-state index contributed by atoms with van der Waals surface area (Å²) in [6.45, 7) is 13.0. The third kappa shape index (κ3) is 5.72. The van der Waals surface area contributed by atoms with E-state index in [0.29, 0.717) is 12.6 Å². The first-order valence-corrected chi connectivity index (χ1v) is 13.6. The van der Waals surface area contributed by atoms with E-state index in [0.717, 1.165) is 59.3 Å². The van der Waals surface area contributed by atoms with Crippen molar-refractivity contribution < 1.29 is 14.7 Å². The molecule has 0 bridgehead atoms. The van der Waals surface area contributed by atoms with Crippen LogP contribution in [0, 0.1) is 20.8 Å². The Labute approximate surface area is 217 Å². The van der Waals surface area contributed by atoms with Gasteiger partial charge < -0.3 is 14.7 Å². The number of aromatic nitrogens is 1. The van der Waals surface area contributed by atoms with Crippen molar-refractivity contribution in [1.29, 1.82) is 0 Å². The third-order valence-electron chi connectivity index (χ3n) is 7.21. The number of aliphatic hydroxyl groups excluding tert-OH is 1. The molecule has 3 aromatic rings. The zero-order valence-corrected chi connectivity index (χ0v) is 22.4. The van der Waals surface area contributed by atoms with Crippen LogP contribution in [0.4, 0.5) is 0 Å². The molecule has 2 aromatic carbocycles. The summed E-state index contributed by atoms with van der Waals surface area (Å²) in [4.78, 5) is 15.2. The molecule has 8 heteroatoms. The van der Waals surface area contributed by atoms with Crippen LogP contribution in [0.2, 0.25) is 0 Å². The summed E-state index contributed by atoms with van der Waals surface area (Å²) < 4.78 is 7.03. The highest BCUT2D eigenvalue weighted by Gasteiger charge is 2.30. The highest BCUT2D eigenvalue weighted by atomic mass is 32.1. The Morgan fingerprint density at radius 2 is 1.97 bits per heavy atom. The van der Waals surface area contributed by atoms with Crippen molar-refractivity contribution in [2.24, 2.45) is 5.16 Å². The lowest BCUT2D eigenvalue weighted by Crippen LogP contribution is -2.54. The number of aryl methyl sites for hydroxylation is 3. The minimum atomic E-state index is -0.540. The molecule has 1 fully saturated rings. The first kappa shape index (κ1) is 25.1. The largest absolute Gasteiger partial charge is 0.491 e. The van der Waals surface area contributed by atoms with Gasteiger partial charge in [0.1, 0.15) is 18.5 Å². The van der Waals surface area contributed by atoms with Crippen molar-refractivity contribution in [1.82, 2.24) is 14.8 Å². The quantitative estimate of drug-likeness (QED) is 0.484. The number of thiazole rings is 1. The van der Waals surface area contributed by atoms with Crippen LogP contribution >= 0.6 is 11.3 Å². The number of rotatable bonds is 8. The molecular weight excluding hydrogens is 472 g/mol. The summed E-state index contributed by atoms with van der Waals surface area (Å²) in [5.41, 5.74) is 5.86. The van der Waals surface area contributed by atoms with E-state index < -0.39 is 6.10 Å². The van der Waals surface area contributed by atoms with Gasteiger partial charge in [0, 0.05) is 56.8 Å². The Bertz CT molecular complexity index is 1220. The van der Waals surface area contributed by atoms with E-state index in [1.165, 1.54) is 16.7 Å². The zero-order chi connectivity index (χ0) is 25.2. The van der Waals surface area contributed by atoms with E-state index in [2.05, 4.69) is 58.9 Å². The van der Waals surface area contributed by atoms with E-state index in [1.54, 1.807) is 11.3 Å². The summed E-state index contributed by atoms with van der Waals surface area (Å²) in [5, 5.41) is 16.1. The number of piperazine rings is 1. The number of fused-ring (bicyclic) bond motifs is 1. The summed E-state index contributed by atoms with van der Waals surface area (Å²) in [7, 11) is 0. The van der Waals surface area contributed by atoms with E-state index in [1.807, 2.05) is 25.1 Å². The van der Waals surface area contributed by atoms with Gasteiger partial charge >= 0.3 is 0 Å². The van der Waals surface area contributed by atoms with Crippen molar-refractivity contribution >= 4 is 27.3 Å². The van der Waals surface area contributed by atoms with E-state index >= 15 is 0 Å². The summed E-state index contributed by atoms with van der Waals surface area (Å²) in [5.74, 6) is 0.754. The standard InChI is InChI=1S/C28H36N4O3S/c1-18-6-5-7-19(2)28(18)26-12-22(30-35-26)15-32-11-10-31(14-20(32)3)16-23(33)17-34-24-8-9-27-25(13-24)29-21(4)36-27/h5-9,13,20,23,26,33H,10-12,14-17H2,1-4H3/t20-,23+,26?/m0/s1. The molecule has 2 aliphatic heterocycles. The Kier molecular flexibility index (Phi) is 7.57. The van der Waals surface area contributed by atoms with Gasteiger partial charge in [0.15, 0.2) is 6.10 Å². The van der Waals surface area contributed by atoms with Gasteiger partial charge in [-0.2, -0.15) is 0 Å². The number of nitrogens with zero attached hydrogens (tertiary/aromatic N) is 4. The Morgan fingerprint density at radius 3 is 2.75 bits per heavy atom. The second-order valence-electron chi connectivity index (χ2n) is 10.2. The smallest absolute Gasteiger partial charge is 0.158 e. The minimum Gasteiger partial charge on any atom is -0.491 e. The monoisotopic (exact) mass is 508 g/mol. The first-order chi connectivity index (χ1) is 17.4. The molecule has 1 aromatic heterocycles. The zero-order valence-electron chi connectivity index (χ0n) is 21.6. The maximum atomic E-state index is 10.6. The van der Waals surface area contributed by atoms with E-state index in [9.17, 15) is 5.11 Å². The molecule has 0 amide bonds. The van der Waals surface area contributed by atoms with Gasteiger partial charge in [0.05, 0.1) is 20.9 Å². The van der Waals surface area contributed by atoms with Gasteiger partial charge in [-0.05, 0) is 51.0 Å². The molecule has 1 saturated heterocycles. The molecule has 36 heavy (non-hydrogen) atoms. The number of oxime groups is 1. The van der Waals surface area contributed by atoms with E-state index in [4.69, 9.17) is 9.57 Å². The number of hydrogen-bond acceptors (Lipinski definition) is 8. The van der Waals surface area contributed by atoms with Crippen LogP contribution < -0.4 is 4.74 Å². The lowest BCUT2D eigenvalue weighted by atomic mass is 9.95. The molecule has 192 valence electrons. The Morgan fingerprint density at radius 1 is 1.17 bits per heavy atom. The van der Waals surface area contributed by atoms with Crippen LogP contribution in [0.3, 0.4) is 0 Å². The number of benzene rings is 2. The lowest BCUT2D eigenvalue weighted by Gasteiger charge is -2.40. The summed E-state index contributed by atoms with van der Waals surface area (Å²) >= 11 is 1.68. The lowest BCUT2D eigenvalue weighted by molar-refractivity contribution is 0.0326. The SMILES string of the molecule is Cc1nc2cc(OC[C@H](O)CN3CCN(CC4=NOC(c5c(C)cccc5C)C4)[C@@H](C)C3)ccc2s1. The number of hydrogen-bond donors (Lipinski definition) is 1. The van der Waals surface area contributed by atoms with Crippen molar-refractivity contribution in [3.05, 3.63) is 58.1 Å². The maximum absolute atomic E-state index is 10.6. The predicted octanol–water partition coefficient (Wildman–Crippen LogP) is 4.48. The fourth-order valence-electron chi connectivity index (χ4n) is 5.37. The average molecular weight is 509 g/mol. The number of β-amino-alcohol motifs (C(OH)–C–C–N with tert-alkyl or cyclic N) is 1. The molecule has 3 atom stereocenters. The van der Waals surface area contributed by atoms with Gasteiger partial charge in [-0.25, -0.2) is 4.98 Å². The molecule has 0 radical (unpaired) electrons. The van der Waals surface area contributed by atoms with Crippen LogP contribution in [-0.2, 0) is 4.84 Å². The highest BCUT2D eigenvalue weighted by Crippen LogP contribution is 2.32. The van der Waals surface area contributed by atoms with Crippen LogP contribution in [0.1, 0.15) is 41.1 Å². The third-order valence-corrected chi connectivity index (χ3v) is 8.16. The molecular formula is C28H36N4O3S. The molecule has 1 unspecified atom stereocenters. The summed E-state index contributed by atoms with van der Waals surface area (Å²) in [6, 6.07) is 12.7. The molecule has 0 saturated carbocycles. The molecule has 1 N–H and O–H groups in total. The summed E-state index contributed by atoms with van der Waals surface area (Å²) in [6.07, 6.45) is 0.330. The Balaban J connectivity index is 1.07. The fourth-order valence-corrected chi connectivity index (χ4v) is 6.18. The first-order valence-electron chi connectivity index (χ1n) is 12.8. The van der Waals surface area contributed by atoms with Gasteiger partial charge in [-0.1, -0.05) is 23.4 Å². The van der Waals surface area contributed by atoms with Gasteiger partial charge in [-0.15, -0.1) is 11.3 Å². The molecule has 7 nitrogen and oxygen atoms in total. The maximum Gasteiger partial charge on any atom is 0.158 e. The number of aliphatic hydroxyl groups is 1. The topological polar surface area (TPSA) is 70.4 Å². The normalized spacial score (nSPS) is 22.0. The van der Waals surface area contributed by atoms with Crippen molar-refractivity contribution in [3.63, 3.8) is 0 Å². The molecule has 2 aliphatic rings. The highest BCUT2D eigenvalue weighted by molar-refractivity contribution is 7.18. The van der Waals surface area contributed by atoms with Crippen molar-refractivity contribution in [2.75, 3.05) is 39.3 Å². The fraction of sp³-hybridized carbons (Fsp3) is 0.500.